The highest BCUT2D eigenvalue weighted by Gasteiger charge is 2.24. The summed E-state index contributed by atoms with van der Waals surface area (Å²) in [6.07, 6.45) is 1.67. The number of rotatable bonds is 2. The lowest BCUT2D eigenvalue weighted by molar-refractivity contribution is 0.0645. The number of amides is 1. The summed E-state index contributed by atoms with van der Waals surface area (Å²) < 4.78 is 0. The smallest absolute Gasteiger partial charge is 0.272 e. The van der Waals surface area contributed by atoms with Gasteiger partial charge in [-0.25, -0.2) is 9.97 Å². The Bertz CT molecular complexity index is 425. The normalized spacial score (nSPS) is 16.9. The van der Waals surface area contributed by atoms with Crippen molar-refractivity contribution in [3.05, 3.63) is 22.7 Å². The zero-order valence-corrected chi connectivity index (χ0v) is 11.0. The number of aromatic nitrogens is 2. The summed E-state index contributed by atoms with van der Waals surface area (Å²) in [6, 6.07) is 1.65. The van der Waals surface area contributed by atoms with Gasteiger partial charge < -0.3 is 10.0 Å². The maximum Gasteiger partial charge on any atom is 0.272 e. The number of carbonyl (C=O) groups excluding carboxylic acids is 1. The van der Waals surface area contributed by atoms with Crippen LogP contribution in [0.3, 0.4) is 0 Å². The van der Waals surface area contributed by atoms with Crippen LogP contribution in [0.2, 0.25) is 5.28 Å². The van der Waals surface area contributed by atoms with Crippen LogP contribution in [0.25, 0.3) is 0 Å². The van der Waals surface area contributed by atoms with Gasteiger partial charge in [0, 0.05) is 25.4 Å². The summed E-state index contributed by atoms with van der Waals surface area (Å²) in [4.78, 5) is 21.9. The Labute approximate surface area is 111 Å². The quantitative estimate of drug-likeness (QED) is 0.822. The van der Waals surface area contributed by atoms with Gasteiger partial charge in [0.1, 0.15) is 5.69 Å². The Morgan fingerprint density at radius 1 is 1.50 bits per heavy atom. The van der Waals surface area contributed by atoms with Gasteiger partial charge in [-0.15, -0.1) is 0 Å². The number of halogens is 1. The van der Waals surface area contributed by atoms with Crippen molar-refractivity contribution in [1.82, 2.24) is 14.9 Å². The van der Waals surface area contributed by atoms with E-state index in [1.165, 1.54) is 0 Å². The Morgan fingerprint density at radius 2 is 2.17 bits per heavy atom. The number of aryl methyl sites for hydroxylation is 1. The molecule has 1 saturated heterocycles. The number of hydrogen-bond acceptors (Lipinski definition) is 4. The molecule has 0 spiro atoms. The fourth-order valence-corrected chi connectivity index (χ4v) is 2.35. The molecule has 2 heterocycles. The van der Waals surface area contributed by atoms with Crippen molar-refractivity contribution >= 4 is 17.5 Å². The van der Waals surface area contributed by atoms with E-state index in [9.17, 15) is 4.79 Å². The largest absolute Gasteiger partial charge is 0.396 e. The topological polar surface area (TPSA) is 66.3 Å². The molecule has 0 atom stereocenters. The molecule has 0 bridgehead atoms. The van der Waals surface area contributed by atoms with E-state index in [0.717, 1.165) is 12.8 Å². The van der Waals surface area contributed by atoms with Gasteiger partial charge in [0.05, 0.1) is 0 Å². The molecule has 2 rings (SSSR count). The van der Waals surface area contributed by atoms with Crippen LogP contribution in [0, 0.1) is 12.8 Å². The van der Waals surface area contributed by atoms with E-state index >= 15 is 0 Å². The van der Waals surface area contributed by atoms with Gasteiger partial charge in [0.25, 0.3) is 5.91 Å². The Balaban J connectivity index is 2.07. The highest BCUT2D eigenvalue weighted by atomic mass is 35.5. The number of nitrogens with zero attached hydrogens (tertiary/aromatic N) is 3. The van der Waals surface area contributed by atoms with E-state index in [0.29, 0.717) is 30.4 Å². The summed E-state index contributed by atoms with van der Waals surface area (Å²) in [7, 11) is 0. The molecule has 1 N–H and O–H groups in total. The fraction of sp³-hybridized carbons (Fsp3) is 0.583. The second-order valence-electron chi connectivity index (χ2n) is 4.58. The molecule has 0 saturated carbocycles. The SMILES string of the molecule is Cc1cc(C(=O)N2CCC(CO)CC2)nc(Cl)n1. The predicted molar refractivity (Wildman–Crippen MR) is 67.5 cm³/mol. The van der Waals surface area contributed by atoms with Gasteiger partial charge in [0.2, 0.25) is 5.28 Å². The van der Waals surface area contributed by atoms with Gasteiger partial charge in [-0.1, -0.05) is 0 Å². The number of likely N-dealkylation sites (tertiary alicyclic amines) is 1. The Kier molecular flexibility index (Phi) is 4.14. The summed E-state index contributed by atoms with van der Waals surface area (Å²) in [5.74, 6) is 0.198. The van der Waals surface area contributed by atoms with Gasteiger partial charge in [0.15, 0.2) is 0 Å². The van der Waals surface area contributed by atoms with Crippen molar-refractivity contribution in [3.63, 3.8) is 0 Å². The molecule has 1 aromatic heterocycles. The lowest BCUT2D eigenvalue weighted by Crippen LogP contribution is -2.39. The van der Waals surface area contributed by atoms with E-state index in [2.05, 4.69) is 9.97 Å². The van der Waals surface area contributed by atoms with Gasteiger partial charge >= 0.3 is 0 Å². The van der Waals surface area contributed by atoms with Crippen molar-refractivity contribution in [1.29, 1.82) is 0 Å². The van der Waals surface area contributed by atoms with Crippen LogP contribution in [0.1, 0.15) is 29.0 Å². The number of aliphatic hydroxyl groups is 1. The van der Waals surface area contributed by atoms with E-state index in [4.69, 9.17) is 16.7 Å². The second kappa shape index (κ2) is 5.63. The first-order chi connectivity index (χ1) is 8.60. The molecule has 5 nitrogen and oxygen atoms in total. The summed E-state index contributed by atoms with van der Waals surface area (Å²) in [6.45, 7) is 3.29. The van der Waals surface area contributed by atoms with Crippen molar-refractivity contribution in [2.24, 2.45) is 5.92 Å². The van der Waals surface area contributed by atoms with Gasteiger partial charge in [-0.3, -0.25) is 4.79 Å². The molecule has 1 aliphatic heterocycles. The Morgan fingerprint density at radius 3 is 2.72 bits per heavy atom. The van der Waals surface area contributed by atoms with E-state index in [1.807, 2.05) is 0 Å². The monoisotopic (exact) mass is 269 g/mol. The predicted octanol–water partition coefficient (Wildman–Crippen LogP) is 1.28. The molecule has 0 aliphatic carbocycles. The molecule has 1 amide bonds. The number of aliphatic hydroxyl groups excluding tert-OH is 1. The van der Waals surface area contributed by atoms with Crippen LogP contribution < -0.4 is 0 Å². The molecular weight excluding hydrogens is 254 g/mol. The first-order valence-corrected chi connectivity index (χ1v) is 6.39. The van der Waals surface area contributed by atoms with E-state index < -0.39 is 0 Å². The molecule has 0 unspecified atom stereocenters. The highest BCUT2D eigenvalue weighted by Crippen LogP contribution is 2.18. The second-order valence-corrected chi connectivity index (χ2v) is 4.92. The van der Waals surface area contributed by atoms with Crippen LogP contribution in [-0.2, 0) is 0 Å². The van der Waals surface area contributed by atoms with Crippen LogP contribution in [0.4, 0.5) is 0 Å². The first-order valence-electron chi connectivity index (χ1n) is 6.01. The van der Waals surface area contributed by atoms with Gasteiger partial charge in [-0.05, 0) is 43.4 Å². The lowest BCUT2D eigenvalue weighted by atomic mass is 9.98. The average molecular weight is 270 g/mol. The summed E-state index contributed by atoms with van der Waals surface area (Å²) >= 11 is 5.75. The third-order valence-corrected chi connectivity index (χ3v) is 3.38. The number of hydrogen-bond donors (Lipinski definition) is 1. The number of carbonyl (C=O) groups is 1. The standard InChI is InChI=1S/C12H16ClN3O2/c1-8-6-10(15-12(13)14-8)11(18)16-4-2-9(7-17)3-5-16/h6,9,17H,2-5,7H2,1H3. The Hall–Kier alpha value is -1.20. The van der Waals surface area contributed by atoms with Gasteiger partial charge in [-0.2, -0.15) is 0 Å². The zero-order valence-electron chi connectivity index (χ0n) is 10.3. The molecule has 0 aromatic carbocycles. The van der Waals surface area contributed by atoms with Crippen LogP contribution >= 0.6 is 11.6 Å². The number of piperidine rings is 1. The van der Waals surface area contributed by atoms with Crippen LogP contribution in [-0.4, -0.2) is 45.6 Å². The average Bonchev–Trinajstić information content (AvgIpc) is 2.37. The summed E-state index contributed by atoms with van der Waals surface area (Å²) in [5, 5.41) is 9.16. The van der Waals surface area contributed by atoms with Crippen molar-refractivity contribution in [2.45, 2.75) is 19.8 Å². The molecule has 6 heteroatoms. The van der Waals surface area contributed by atoms with E-state index in [1.54, 1.807) is 17.9 Å². The summed E-state index contributed by atoms with van der Waals surface area (Å²) in [5.41, 5.74) is 1.03. The third kappa shape index (κ3) is 2.97. The molecule has 1 fully saturated rings. The minimum absolute atomic E-state index is 0.101. The van der Waals surface area contributed by atoms with Crippen LogP contribution in [0.15, 0.2) is 6.07 Å². The van der Waals surface area contributed by atoms with Crippen molar-refractivity contribution < 1.29 is 9.90 Å². The molecule has 1 aromatic rings. The van der Waals surface area contributed by atoms with Crippen molar-refractivity contribution in [2.75, 3.05) is 19.7 Å². The third-order valence-electron chi connectivity index (χ3n) is 3.21. The van der Waals surface area contributed by atoms with Crippen LogP contribution in [0.5, 0.6) is 0 Å². The highest BCUT2D eigenvalue weighted by molar-refractivity contribution is 6.28. The molecule has 18 heavy (non-hydrogen) atoms. The fourth-order valence-electron chi connectivity index (χ4n) is 2.12. The maximum atomic E-state index is 12.2. The maximum absolute atomic E-state index is 12.2. The minimum atomic E-state index is -0.112. The first kappa shape index (κ1) is 13.2. The molecule has 98 valence electrons. The molecule has 1 aliphatic rings. The molecule has 0 radical (unpaired) electrons. The molecular formula is C12H16ClN3O2. The van der Waals surface area contributed by atoms with Crippen molar-refractivity contribution in [3.8, 4) is 0 Å². The lowest BCUT2D eigenvalue weighted by Gasteiger charge is -2.30. The van der Waals surface area contributed by atoms with E-state index in [-0.39, 0.29) is 17.8 Å². The zero-order chi connectivity index (χ0) is 13.1. The minimum Gasteiger partial charge on any atom is -0.396 e.